The monoisotopic (exact) mass is 286 g/mol. The van der Waals surface area contributed by atoms with E-state index >= 15 is 0 Å². The van der Waals surface area contributed by atoms with Gasteiger partial charge in [0, 0.05) is 12.6 Å². The average molecular weight is 286 g/mol. The number of anilines is 1. The van der Waals surface area contributed by atoms with Crippen LogP contribution in [0.4, 0.5) is 10.1 Å². The second kappa shape index (κ2) is 6.17. The average Bonchev–Trinajstić information content (AvgIpc) is 2.49. The molecule has 2 aromatic rings. The van der Waals surface area contributed by atoms with E-state index in [2.05, 4.69) is 10.6 Å². The third kappa shape index (κ3) is 3.25. The maximum atomic E-state index is 13.5. The molecule has 4 nitrogen and oxygen atoms in total. The van der Waals surface area contributed by atoms with Crippen molar-refractivity contribution < 1.29 is 14.0 Å². The zero-order valence-corrected chi connectivity index (χ0v) is 11.7. The number of amides is 2. The van der Waals surface area contributed by atoms with E-state index < -0.39 is 11.7 Å². The highest BCUT2D eigenvalue weighted by molar-refractivity contribution is 6.08. The fraction of sp³-hybridized carbons (Fsp3) is 0.125. The van der Waals surface area contributed by atoms with Gasteiger partial charge in [-0.3, -0.25) is 9.59 Å². The summed E-state index contributed by atoms with van der Waals surface area (Å²) in [6.45, 7) is 1.62. The van der Waals surface area contributed by atoms with E-state index in [1.54, 1.807) is 31.2 Å². The molecule has 2 aromatic carbocycles. The lowest BCUT2D eigenvalue weighted by Gasteiger charge is -2.10. The molecule has 0 atom stereocenters. The minimum atomic E-state index is -0.467. The van der Waals surface area contributed by atoms with Gasteiger partial charge in [-0.15, -0.1) is 0 Å². The molecule has 0 aliphatic rings. The Bertz CT molecular complexity index is 698. The van der Waals surface area contributed by atoms with Crippen molar-refractivity contribution in [2.45, 2.75) is 6.92 Å². The van der Waals surface area contributed by atoms with Gasteiger partial charge in [0.1, 0.15) is 5.82 Å². The quantitative estimate of drug-likeness (QED) is 0.911. The van der Waals surface area contributed by atoms with Crippen molar-refractivity contribution in [3.05, 3.63) is 65.0 Å². The fourth-order valence-corrected chi connectivity index (χ4v) is 1.85. The second-order valence-electron chi connectivity index (χ2n) is 4.54. The summed E-state index contributed by atoms with van der Waals surface area (Å²) in [5.74, 6) is -1.21. The van der Waals surface area contributed by atoms with Gasteiger partial charge in [-0.1, -0.05) is 18.2 Å². The van der Waals surface area contributed by atoms with Crippen LogP contribution in [0.25, 0.3) is 0 Å². The van der Waals surface area contributed by atoms with Gasteiger partial charge in [0.25, 0.3) is 11.8 Å². The molecule has 0 spiro atoms. The van der Waals surface area contributed by atoms with Crippen LogP contribution in [0.3, 0.4) is 0 Å². The number of carbonyl (C=O) groups is 2. The Balaban J connectivity index is 2.27. The molecule has 0 heterocycles. The Labute approximate surface area is 122 Å². The molecule has 21 heavy (non-hydrogen) atoms. The summed E-state index contributed by atoms with van der Waals surface area (Å²) < 4.78 is 13.5. The molecule has 2 N–H and O–H groups in total. The lowest BCUT2D eigenvalue weighted by molar-refractivity contribution is 0.0964. The molecule has 0 aliphatic carbocycles. The van der Waals surface area contributed by atoms with Crippen molar-refractivity contribution in [2.24, 2.45) is 0 Å². The van der Waals surface area contributed by atoms with Gasteiger partial charge in [0.05, 0.1) is 11.3 Å². The van der Waals surface area contributed by atoms with Crippen LogP contribution in [0.5, 0.6) is 0 Å². The third-order valence-electron chi connectivity index (χ3n) is 3.08. The smallest absolute Gasteiger partial charge is 0.255 e. The maximum absolute atomic E-state index is 13.5. The highest BCUT2D eigenvalue weighted by Crippen LogP contribution is 2.17. The summed E-state index contributed by atoms with van der Waals surface area (Å²) in [6.07, 6.45) is 0. The fourth-order valence-electron chi connectivity index (χ4n) is 1.85. The maximum Gasteiger partial charge on any atom is 0.255 e. The molecule has 0 aliphatic heterocycles. The highest BCUT2D eigenvalue weighted by Gasteiger charge is 2.13. The number of hydrogen-bond acceptors (Lipinski definition) is 2. The van der Waals surface area contributed by atoms with Crippen LogP contribution in [0.1, 0.15) is 26.3 Å². The summed E-state index contributed by atoms with van der Waals surface area (Å²) in [7, 11) is 1.51. The number of carbonyl (C=O) groups excluding carboxylic acids is 2. The van der Waals surface area contributed by atoms with E-state index in [1.165, 1.54) is 25.2 Å². The zero-order valence-electron chi connectivity index (χ0n) is 11.7. The highest BCUT2D eigenvalue weighted by atomic mass is 19.1. The normalized spacial score (nSPS) is 10.0. The van der Waals surface area contributed by atoms with E-state index in [-0.39, 0.29) is 11.5 Å². The second-order valence-corrected chi connectivity index (χ2v) is 4.54. The first kappa shape index (κ1) is 14.7. The SMILES string of the molecule is CNC(=O)c1ccccc1NC(=O)c1ccc(C)c(F)c1. The Morgan fingerprint density at radius 1 is 1.05 bits per heavy atom. The molecule has 0 fully saturated rings. The number of halogens is 1. The van der Waals surface area contributed by atoms with E-state index in [4.69, 9.17) is 0 Å². The largest absolute Gasteiger partial charge is 0.355 e. The Morgan fingerprint density at radius 3 is 2.43 bits per heavy atom. The first-order valence-corrected chi connectivity index (χ1v) is 6.41. The van der Waals surface area contributed by atoms with Gasteiger partial charge in [-0.05, 0) is 36.8 Å². The summed E-state index contributed by atoms with van der Waals surface area (Å²) in [5, 5.41) is 5.12. The van der Waals surface area contributed by atoms with Gasteiger partial charge in [0.2, 0.25) is 0 Å². The first-order valence-electron chi connectivity index (χ1n) is 6.41. The predicted molar refractivity (Wildman–Crippen MR) is 78.9 cm³/mol. The van der Waals surface area contributed by atoms with Crippen molar-refractivity contribution in [2.75, 3.05) is 12.4 Å². The minimum Gasteiger partial charge on any atom is -0.355 e. The molecule has 5 heteroatoms. The number of rotatable bonds is 3. The van der Waals surface area contributed by atoms with Crippen LogP contribution in [0.15, 0.2) is 42.5 Å². The van der Waals surface area contributed by atoms with Crippen LogP contribution in [-0.2, 0) is 0 Å². The Hall–Kier alpha value is -2.69. The van der Waals surface area contributed by atoms with Gasteiger partial charge >= 0.3 is 0 Å². The van der Waals surface area contributed by atoms with E-state index in [1.807, 2.05) is 0 Å². The van der Waals surface area contributed by atoms with Crippen LogP contribution < -0.4 is 10.6 Å². The standard InChI is InChI=1S/C16H15FN2O2/c1-10-7-8-11(9-13(10)17)15(20)19-14-6-4-3-5-12(14)16(21)18-2/h3-9H,1-2H3,(H,18,21)(H,19,20). The van der Waals surface area contributed by atoms with Crippen LogP contribution in [0.2, 0.25) is 0 Å². The van der Waals surface area contributed by atoms with Gasteiger partial charge in [-0.25, -0.2) is 4.39 Å². The Morgan fingerprint density at radius 2 is 1.76 bits per heavy atom. The van der Waals surface area contributed by atoms with Crippen molar-refractivity contribution in [3.63, 3.8) is 0 Å². The molecular weight excluding hydrogens is 271 g/mol. The molecule has 0 aromatic heterocycles. The number of hydrogen-bond donors (Lipinski definition) is 2. The molecular formula is C16H15FN2O2. The Kier molecular flexibility index (Phi) is 4.33. The predicted octanol–water partition coefficient (Wildman–Crippen LogP) is 2.75. The summed E-state index contributed by atoms with van der Waals surface area (Å²) in [4.78, 5) is 23.9. The molecule has 2 rings (SSSR count). The van der Waals surface area contributed by atoms with Crippen molar-refractivity contribution >= 4 is 17.5 Å². The van der Waals surface area contributed by atoms with E-state index in [9.17, 15) is 14.0 Å². The molecule has 108 valence electrons. The minimum absolute atomic E-state index is 0.199. The van der Waals surface area contributed by atoms with Gasteiger partial charge in [0.15, 0.2) is 0 Å². The zero-order chi connectivity index (χ0) is 15.4. The number of aryl methyl sites for hydroxylation is 1. The summed E-state index contributed by atoms with van der Waals surface area (Å²) in [5.41, 5.74) is 1.39. The molecule has 0 bridgehead atoms. The summed E-state index contributed by atoms with van der Waals surface area (Å²) in [6, 6.07) is 10.9. The molecule has 0 radical (unpaired) electrons. The van der Waals surface area contributed by atoms with Crippen LogP contribution in [0, 0.1) is 12.7 Å². The van der Waals surface area contributed by atoms with Gasteiger partial charge < -0.3 is 10.6 Å². The lowest BCUT2D eigenvalue weighted by Crippen LogP contribution is -2.21. The van der Waals surface area contributed by atoms with Crippen molar-refractivity contribution in [1.82, 2.24) is 5.32 Å². The molecule has 0 saturated carbocycles. The topological polar surface area (TPSA) is 58.2 Å². The van der Waals surface area contributed by atoms with Crippen LogP contribution in [-0.4, -0.2) is 18.9 Å². The molecule has 0 unspecified atom stereocenters. The number of benzene rings is 2. The van der Waals surface area contributed by atoms with E-state index in [0.717, 1.165) is 0 Å². The third-order valence-corrected chi connectivity index (χ3v) is 3.08. The summed E-state index contributed by atoms with van der Waals surface area (Å²) >= 11 is 0. The number of nitrogens with one attached hydrogen (secondary N) is 2. The van der Waals surface area contributed by atoms with Crippen molar-refractivity contribution in [3.8, 4) is 0 Å². The first-order chi connectivity index (χ1) is 10.0. The van der Waals surface area contributed by atoms with Crippen molar-refractivity contribution in [1.29, 1.82) is 0 Å². The van der Waals surface area contributed by atoms with Crippen LogP contribution >= 0.6 is 0 Å². The lowest BCUT2D eigenvalue weighted by atomic mass is 10.1. The van der Waals surface area contributed by atoms with Gasteiger partial charge in [-0.2, -0.15) is 0 Å². The molecule has 0 saturated heterocycles. The van der Waals surface area contributed by atoms with E-state index in [0.29, 0.717) is 16.8 Å². The molecule has 2 amide bonds. The number of para-hydroxylation sites is 1.